The molecule has 3 aromatic heterocycles. The summed E-state index contributed by atoms with van der Waals surface area (Å²) in [5, 5.41) is 6.95. The molecule has 0 bridgehead atoms. The van der Waals surface area contributed by atoms with E-state index in [9.17, 15) is 4.79 Å². The number of halogens is 1. The molecule has 4 rings (SSSR count). The van der Waals surface area contributed by atoms with Crippen molar-refractivity contribution in [3.63, 3.8) is 0 Å². The summed E-state index contributed by atoms with van der Waals surface area (Å²) < 4.78 is 10.5. The third kappa shape index (κ3) is 4.85. The van der Waals surface area contributed by atoms with Crippen LogP contribution in [0.15, 0.2) is 58.7 Å². The summed E-state index contributed by atoms with van der Waals surface area (Å²) in [5.74, 6) is 0.508. The van der Waals surface area contributed by atoms with Gasteiger partial charge in [-0.2, -0.15) is 4.98 Å². The van der Waals surface area contributed by atoms with Crippen molar-refractivity contribution < 1.29 is 14.1 Å². The van der Waals surface area contributed by atoms with E-state index in [1.165, 1.54) is 11.3 Å². The number of hydrogen-bond acceptors (Lipinski definition) is 8. The average molecular weight is 427 g/mol. The molecule has 1 aromatic carbocycles. The van der Waals surface area contributed by atoms with E-state index in [1.54, 1.807) is 36.0 Å². The van der Waals surface area contributed by atoms with Gasteiger partial charge in [0.15, 0.2) is 5.69 Å². The Morgan fingerprint density at radius 2 is 2.07 bits per heavy atom. The number of rotatable bonds is 7. The van der Waals surface area contributed by atoms with Crippen LogP contribution in [0.2, 0.25) is 5.02 Å². The average Bonchev–Trinajstić information content (AvgIpc) is 3.42. The van der Waals surface area contributed by atoms with E-state index in [0.29, 0.717) is 34.6 Å². The monoisotopic (exact) mass is 426 g/mol. The summed E-state index contributed by atoms with van der Waals surface area (Å²) in [7, 11) is 0. The molecular weight excluding hydrogens is 412 g/mol. The Labute approximate surface area is 175 Å². The van der Waals surface area contributed by atoms with Gasteiger partial charge < -0.3 is 9.26 Å². The molecule has 0 saturated heterocycles. The lowest BCUT2D eigenvalue weighted by Crippen LogP contribution is -2.07. The van der Waals surface area contributed by atoms with E-state index in [0.717, 1.165) is 11.1 Å². The first-order chi connectivity index (χ1) is 14.2. The van der Waals surface area contributed by atoms with Crippen LogP contribution in [-0.4, -0.2) is 32.7 Å². The van der Waals surface area contributed by atoms with Crippen LogP contribution in [0.25, 0.3) is 22.0 Å². The van der Waals surface area contributed by atoms with Crippen molar-refractivity contribution in [3.05, 3.63) is 70.8 Å². The number of esters is 1. The quantitative estimate of drug-likeness (QED) is 0.312. The van der Waals surface area contributed by atoms with Gasteiger partial charge in [-0.05, 0) is 30.7 Å². The molecule has 0 aliphatic heterocycles. The summed E-state index contributed by atoms with van der Waals surface area (Å²) in [6.45, 7) is 0.230. The molecule has 0 saturated carbocycles. The fourth-order valence-corrected chi connectivity index (χ4v) is 3.53. The van der Waals surface area contributed by atoms with Crippen molar-refractivity contribution in [2.75, 3.05) is 6.61 Å². The van der Waals surface area contributed by atoms with Gasteiger partial charge in [0.05, 0.1) is 6.61 Å². The second kappa shape index (κ2) is 8.93. The zero-order valence-corrected chi connectivity index (χ0v) is 16.7. The van der Waals surface area contributed by atoms with Gasteiger partial charge in [-0.3, -0.25) is 4.98 Å². The highest BCUT2D eigenvalue weighted by molar-refractivity contribution is 7.13. The van der Waals surface area contributed by atoms with Gasteiger partial charge >= 0.3 is 5.97 Å². The molecule has 9 heteroatoms. The Balaban J connectivity index is 1.27. The van der Waals surface area contributed by atoms with Gasteiger partial charge in [0.1, 0.15) is 5.01 Å². The van der Waals surface area contributed by atoms with E-state index in [1.807, 2.05) is 18.2 Å². The highest BCUT2D eigenvalue weighted by atomic mass is 35.5. The first-order valence-corrected chi connectivity index (χ1v) is 10.1. The number of aromatic nitrogens is 4. The predicted molar refractivity (Wildman–Crippen MR) is 109 cm³/mol. The van der Waals surface area contributed by atoms with Gasteiger partial charge in [-0.25, -0.2) is 9.78 Å². The van der Waals surface area contributed by atoms with Gasteiger partial charge in [-0.1, -0.05) is 28.9 Å². The maximum absolute atomic E-state index is 12.2. The van der Waals surface area contributed by atoms with Crippen LogP contribution in [0.5, 0.6) is 0 Å². The van der Waals surface area contributed by atoms with Crippen molar-refractivity contribution in [2.24, 2.45) is 0 Å². The molecule has 3 heterocycles. The number of aryl methyl sites for hydroxylation is 1. The molecule has 0 fully saturated rings. The molecule has 0 spiro atoms. The van der Waals surface area contributed by atoms with Crippen LogP contribution < -0.4 is 0 Å². The highest BCUT2D eigenvalue weighted by Crippen LogP contribution is 2.26. The van der Waals surface area contributed by atoms with E-state index in [4.69, 9.17) is 20.9 Å². The summed E-state index contributed by atoms with van der Waals surface area (Å²) in [4.78, 5) is 24.9. The zero-order valence-electron chi connectivity index (χ0n) is 15.1. The topological polar surface area (TPSA) is 91.0 Å². The van der Waals surface area contributed by atoms with Crippen molar-refractivity contribution in [3.8, 4) is 22.0 Å². The van der Waals surface area contributed by atoms with Crippen LogP contribution in [-0.2, 0) is 11.2 Å². The fourth-order valence-electron chi connectivity index (χ4n) is 2.55. The Hall–Kier alpha value is -3.10. The first-order valence-electron chi connectivity index (χ1n) is 8.80. The molecule has 0 N–H and O–H groups in total. The molecule has 0 unspecified atom stereocenters. The smallest absolute Gasteiger partial charge is 0.357 e. The number of nitrogens with zero attached hydrogens (tertiary/aromatic N) is 4. The lowest BCUT2D eigenvalue weighted by atomic mass is 10.2. The van der Waals surface area contributed by atoms with E-state index >= 15 is 0 Å². The third-order valence-electron chi connectivity index (χ3n) is 3.94. The number of pyridine rings is 1. The SMILES string of the molecule is O=C(OCCCc1nc(-c2cccnc2)no1)c1csc(-c2cccc(Cl)c2)n1. The van der Waals surface area contributed by atoms with Crippen LogP contribution in [0, 0.1) is 0 Å². The first kappa shape index (κ1) is 19.2. The summed E-state index contributed by atoms with van der Waals surface area (Å²) in [6.07, 6.45) is 4.41. The molecule has 4 aromatic rings. The molecule has 0 atom stereocenters. The van der Waals surface area contributed by atoms with E-state index < -0.39 is 5.97 Å². The molecular formula is C20H15ClN4O3S. The number of hydrogen-bond donors (Lipinski definition) is 0. The van der Waals surface area contributed by atoms with E-state index in [-0.39, 0.29) is 12.3 Å². The van der Waals surface area contributed by atoms with Crippen LogP contribution >= 0.6 is 22.9 Å². The Bertz CT molecular complexity index is 1110. The standard InChI is InChI=1S/C20H15ClN4O3S/c21-15-6-1-4-13(10-15)19-23-16(12-29-19)20(26)27-9-3-7-17-24-18(25-28-17)14-5-2-8-22-11-14/h1-2,4-6,8,10-12H,3,7,9H2. The fraction of sp³-hybridized carbons (Fsp3) is 0.150. The maximum atomic E-state index is 12.2. The molecule has 0 amide bonds. The van der Waals surface area contributed by atoms with Crippen molar-refractivity contribution in [2.45, 2.75) is 12.8 Å². The summed E-state index contributed by atoms with van der Waals surface area (Å²) in [6, 6.07) is 11.0. The van der Waals surface area contributed by atoms with Crippen LogP contribution in [0.3, 0.4) is 0 Å². The summed E-state index contributed by atoms with van der Waals surface area (Å²) >= 11 is 7.37. The van der Waals surface area contributed by atoms with Gasteiger partial charge in [0.25, 0.3) is 0 Å². The molecule has 7 nitrogen and oxygen atoms in total. The minimum Gasteiger partial charge on any atom is -0.461 e. The van der Waals surface area contributed by atoms with Gasteiger partial charge in [0.2, 0.25) is 11.7 Å². The molecule has 0 aliphatic carbocycles. The molecule has 29 heavy (non-hydrogen) atoms. The zero-order chi connectivity index (χ0) is 20.1. The Kier molecular flexibility index (Phi) is 5.92. The number of benzene rings is 1. The Morgan fingerprint density at radius 3 is 2.90 bits per heavy atom. The molecule has 0 radical (unpaired) electrons. The minimum absolute atomic E-state index is 0.230. The van der Waals surface area contributed by atoms with E-state index in [2.05, 4.69) is 20.1 Å². The third-order valence-corrected chi connectivity index (χ3v) is 5.07. The second-order valence-electron chi connectivity index (χ2n) is 6.04. The van der Waals surface area contributed by atoms with Crippen LogP contribution in [0.4, 0.5) is 0 Å². The van der Waals surface area contributed by atoms with Crippen LogP contribution in [0.1, 0.15) is 22.8 Å². The van der Waals surface area contributed by atoms with Gasteiger partial charge in [0, 0.05) is 40.3 Å². The number of ether oxygens (including phenoxy) is 1. The maximum Gasteiger partial charge on any atom is 0.357 e. The number of carbonyl (C=O) groups excluding carboxylic acids is 1. The van der Waals surface area contributed by atoms with Crippen molar-refractivity contribution in [1.82, 2.24) is 20.1 Å². The number of thiazole rings is 1. The highest BCUT2D eigenvalue weighted by Gasteiger charge is 2.14. The minimum atomic E-state index is -0.462. The lowest BCUT2D eigenvalue weighted by Gasteiger charge is -2.01. The van der Waals surface area contributed by atoms with Crippen molar-refractivity contribution in [1.29, 1.82) is 0 Å². The number of carbonyl (C=O) groups is 1. The lowest BCUT2D eigenvalue weighted by molar-refractivity contribution is 0.0492. The molecule has 0 aliphatic rings. The normalized spacial score (nSPS) is 10.8. The van der Waals surface area contributed by atoms with Gasteiger partial charge in [-0.15, -0.1) is 11.3 Å². The second-order valence-corrected chi connectivity index (χ2v) is 7.34. The molecule has 146 valence electrons. The van der Waals surface area contributed by atoms with Crippen molar-refractivity contribution >= 4 is 28.9 Å². The predicted octanol–water partition coefficient (Wildman–Crippen LogP) is 4.70. The summed E-state index contributed by atoms with van der Waals surface area (Å²) in [5.41, 5.74) is 1.93. The Morgan fingerprint density at radius 1 is 1.17 bits per heavy atom. The largest absolute Gasteiger partial charge is 0.461 e.